The smallest absolute Gasteiger partial charge is 0.0815 e. The van der Waals surface area contributed by atoms with Gasteiger partial charge in [0.15, 0.2) is 0 Å². The lowest BCUT2D eigenvalue weighted by Crippen LogP contribution is -2.50. The summed E-state index contributed by atoms with van der Waals surface area (Å²) in [6.07, 6.45) is 7.00. The van der Waals surface area contributed by atoms with Crippen LogP contribution in [-0.4, -0.2) is 42.6 Å². The molecule has 2 aliphatic heterocycles. The van der Waals surface area contributed by atoms with Gasteiger partial charge in [-0.25, -0.2) is 0 Å². The van der Waals surface area contributed by atoms with Crippen LogP contribution >= 0.6 is 37.2 Å². The summed E-state index contributed by atoms with van der Waals surface area (Å²) in [5.41, 5.74) is 3.45. The second-order valence-electron chi connectivity index (χ2n) is 4.94. The Hall–Kier alpha value is 0.860. The van der Waals surface area contributed by atoms with Crippen LogP contribution in [0, 0.1) is 0 Å². The number of likely N-dealkylation sites (tertiary alicyclic amines) is 2. The van der Waals surface area contributed by atoms with Crippen molar-refractivity contribution in [3.8, 4) is 0 Å². The zero-order valence-corrected chi connectivity index (χ0v) is 15.4. The molecule has 0 aromatic heterocycles. The molecule has 0 aromatic rings. The third kappa shape index (κ3) is 3.06. The van der Waals surface area contributed by atoms with E-state index in [4.69, 9.17) is 0 Å². The van der Waals surface area contributed by atoms with Crippen molar-refractivity contribution in [3.63, 3.8) is 0 Å². The number of nitrogens with zero attached hydrogens (tertiary/aromatic N) is 2. The van der Waals surface area contributed by atoms with Gasteiger partial charge in [-0.05, 0) is 27.9 Å². The second-order valence-corrected chi connectivity index (χ2v) is 4.94. The fraction of sp³-hybridized carbons (Fsp3) is 0.692. The highest BCUT2D eigenvalue weighted by molar-refractivity contribution is 15.0. The number of allylic oxidation sites excluding steroid dienone is 2. The fourth-order valence-electron chi connectivity index (χ4n) is 3.02. The average Bonchev–Trinajstić information content (AvgIpc) is 2.85. The van der Waals surface area contributed by atoms with Gasteiger partial charge in [0.2, 0.25) is 0 Å². The molecule has 0 amide bonds. The summed E-state index contributed by atoms with van der Waals surface area (Å²) in [4.78, 5) is 5.03. The third-order valence-electron chi connectivity index (χ3n) is 4.14. The number of likely N-dealkylation sites (N-methyl/N-ethyl adjacent to an activating group) is 2. The third-order valence-corrected chi connectivity index (χ3v) is 4.14. The summed E-state index contributed by atoms with van der Waals surface area (Å²) in [5.74, 6) is 0. The summed E-state index contributed by atoms with van der Waals surface area (Å²) in [5, 5.41) is 0. The predicted octanol–water partition coefficient (Wildman–Crippen LogP) is 4.02. The molecule has 2 saturated heterocycles. The normalized spacial score (nSPS) is 34.7. The molecule has 17 heavy (non-hydrogen) atoms. The van der Waals surface area contributed by atoms with Gasteiger partial charge in [-0.1, -0.05) is 23.3 Å². The number of rotatable bonds is 0. The van der Waals surface area contributed by atoms with Crippen LogP contribution in [0.25, 0.3) is 0 Å². The van der Waals surface area contributed by atoms with E-state index in [1.54, 1.807) is 11.1 Å². The molecule has 0 unspecified atom stereocenters. The van der Waals surface area contributed by atoms with Crippen molar-refractivity contribution >= 4 is 37.2 Å². The molecule has 0 bridgehead atoms. The Kier molecular flexibility index (Phi) is 6.42. The lowest BCUT2D eigenvalue weighted by molar-refractivity contribution is 0.0392. The van der Waals surface area contributed by atoms with Crippen LogP contribution in [0.1, 0.15) is 26.7 Å². The van der Waals surface area contributed by atoms with E-state index in [0.29, 0.717) is 0 Å². The summed E-state index contributed by atoms with van der Waals surface area (Å²) in [7, 11) is 4.51. The van der Waals surface area contributed by atoms with Crippen molar-refractivity contribution in [1.29, 1.82) is 0 Å². The topological polar surface area (TPSA) is 6.48 Å². The van der Waals surface area contributed by atoms with Crippen LogP contribution in [0.2, 0.25) is 0 Å². The lowest BCUT2D eigenvalue weighted by Gasteiger charge is -2.37. The van der Waals surface area contributed by atoms with Crippen molar-refractivity contribution in [2.24, 2.45) is 0 Å². The maximum absolute atomic E-state index is 2.51. The van der Waals surface area contributed by atoms with Gasteiger partial charge in [0.1, 0.15) is 0 Å². The van der Waals surface area contributed by atoms with E-state index in [1.807, 2.05) is 0 Å². The number of hydrogen-bond donors (Lipinski definition) is 0. The van der Waals surface area contributed by atoms with Crippen molar-refractivity contribution in [3.05, 3.63) is 23.3 Å². The van der Waals surface area contributed by atoms with Crippen LogP contribution in [0.15, 0.2) is 23.3 Å². The molecule has 2 nitrogen and oxygen atoms in total. The molecule has 0 atom stereocenters. The van der Waals surface area contributed by atoms with Gasteiger partial charge in [-0.2, -0.15) is 0 Å². The molecule has 2 heterocycles. The number of halogens is 2. The first kappa shape index (κ1) is 15.9. The zero-order valence-electron chi connectivity index (χ0n) is 11.1. The van der Waals surface area contributed by atoms with Crippen molar-refractivity contribution in [1.82, 2.24) is 9.80 Å². The molecule has 0 aliphatic carbocycles. The Balaban J connectivity index is 0.000000686. The van der Waals surface area contributed by atoms with Gasteiger partial charge in [-0.3, -0.25) is 9.80 Å². The molecule has 2 rings (SSSR count). The average molecular weight is 460 g/mol. The van der Waals surface area contributed by atoms with Crippen molar-refractivity contribution in [2.75, 3.05) is 27.2 Å². The Morgan fingerprint density at radius 3 is 1.53 bits per heavy atom. The van der Waals surface area contributed by atoms with E-state index in [9.17, 15) is 0 Å². The fourth-order valence-corrected chi connectivity index (χ4v) is 3.02. The van der Waals surface area contributed by atoms with Gasteiger partial charge in [-0.15, -0.1) is 0 Å². The minimum absolute atomic E-state index is 0.281. The van der Waals surface area contributed by atoms with E-state index >= 15 is 0 Å². The summed E-state index contributed by atoms with van der Waals surface area (Å²) in [6, 6.07) is 0. The highest BCUT2D eigenvalue weighted by Crippen LogP contribution is 2.43. The van der Waals surface area contributed by atoms with E-state index in [-0.39, 0.29) is 5.66 Å². The molecule has 0 radical (unpaired) electrons. The van der Waals surface area contributed by atoms with E-state index in [1.165, 1.54) is 12.8 Å². The summed E-state index contributed by atoms with van der Waals surface area (Å²) in [6.45, 7) is 6.59. The maximum Gasteiger partial charge on any atom is 0.0815 e. The van der Waals surface area contributed by atoms with Crippen LogP contribution in [0.5, 0.6) is 0 Å². The summed E-state index contributed by atoms with van der Waals surface area (Å²) < 4.78 is 0. The van der Waals surface area contributed by atoms with E-state index in [2.05, 4.69) is 87.1 Å². The molecule has 0 aromatic carbocycles. The Labute approximate surface area is 129 Å². The molecule has 0 saturated carbocycles. The molecule has 0 N–H and O–H groups in total. The molecule has 2 aliphatic rings. The first-order valence-electron chi connectivity index (χ1n) is 5.97. The Morgan fingerprint density at radius 1 is 0.941 bits per heavy atom. The Morgan fingerprint density at radius 2 is 1.29 bits per heavy atom. The molecule has 1 spiro atoms. The predicted molar refractivity (Wildman–Crippen MR) is 92.8 cm³/mol. The molecular formula is C13H22I2N2. The largest absolute Gasteiger partial charge is 0.284 e. The molecule has 2 fully saturated rings. The lowest BCUT2D eigenvalue weighted by atomic mass is 10.00. The number of hydrogen-bond acceptors (Lipinski definition) is 2. The van der Waals surface area contributed by atoms with Crippen LogP contribution in [0.4, 0.5) is 0 Å². The van der Waals surface area contributed by atoms with Crippen LogP contribution in [0.3, 0.4) is 0 Å². The minimum atomic E-state index is 0.281. The van der Waals surface area contributed by atoms with Gasteiger partial charge in [0.25, 0.3) is 0 Å². The molecular weight excluding hydrogens is 438 g/mol. The van der Waals surface area contributed by atoms with Crippen LogP contribution in [-0.2, 0) is 0 Å². The van der Waals surface area contributed by atoms with Gasteiger partial charge in [0.05, 0.1) is 5.66 Å². The van der Waals surface area contributed by atoms with Gasteiger partial charge in [0, 0.05) is 63.2 Å². The first-order chi connectivity index (χ1) is 8.12. The molecule has 98 valence electrons. The maximum atomic E-state index is 2.51. The zero-order chi connectivity index (χ0) is 13.1. The highest BCUT2D eigenvalue weighted by Gasteiger charge is 2.48. The van der Waals surface area contributed by atoms with E-state index < -0.39 is 0 Å². The standard InChI is InChI=1S/C13H22N2.I2/c1-5-11-7-13(14(3)9-11)8-12(6-2)10-15(13)4;1-2/h5-6H,7-10H2,1-4H3;/b11-5-,12-6-;. The second kappa shape index (κ2) is 6.86. The van der Waals surface area contributed by atoms with Crippen molar-refractivity contribution in [2.45, 2.75) is 32.4 Å². The SMILES string of the molecule is C/C=C1\CN(C)C2(C1)C/C(=C/C)CN2C.II. The highest BCUT2D eigenvalue weighted by atomic mass is 128. The minimum Gasteiger partial charge on any atom is -0.284 e. The molecule has 4 heteroatoms. The monoisotopic (exact) mass is 460 g/mol. The first-order valence-corrected chi connectivity index (χ1v) is 12.3. The quantitative estimate of drug-likeness (QED) is 0.398. The van der Waals surface area contributed by atoms with E-state index in [0.717, 1.165) is 13.1 Å². The van der Waals surface area contributed by atoms with Gasteiger partial charge < -0.3 is 0 Å². The van der Waals surface area contributed by atoms with Gasteiger partial charge >= 0.3 is 0 Å². The summed E-state index contributed by atoms with van der Waals surface area (Å²) >= 11 is 4.24. The van der Waals surface area contributed by atoms with Crippen molar-refractivity contribution < 1.29 is 0 Å². The Bertz CT molecular complexity index is 291. The van der Waals surface area contributed by atoms with Crippen LogP contribution < -0.4 is 0 Å².